The van der Waals surface area contributed by atoms with E-state index >= 15 is 0 Å². The highest BCUT2D eigenvalue weighted by atomic mass is 16.6. The molecule has 0 radical (unpaired) electrons. The van der Waals surface area contributed by atoms with E-state index in [9.17, 15) is 4.79 Å². The summed E-state index contributed by atoms with van der Waals surface area (Å²) in [5.41, 5.74) is 0.432. The van der Waals surface area contributed by atoms with Crippen molar-refractivity contribution < 1.29 is 9.53 Å². The van der Waals surface area contributed by atoms with Gasteiger partial charge in [-0.2, -0.15) is 0 Å². The molecule has 1 fully saturated rings. The van der Waals surface area contributed by atoms with Crippen molar-refractivity contribution in [2.24, 2.45) is 5.41 Å². The van der Waals surface area contributed by atoms with Crippen LogP contribution in [0.1, 0.15) is 46.5 Å². The molecule has 0 aromatic rings. The van der Waals surface area contributed by atoms with Gasteiger partial charge in [-0.25, -0.2) is 4.79 Å². The fraction of sp³-hybridized carbons (Fsp3) is 0.909. The average Bonchev–Trinajstić information content (AvgIpc) is 2.09. The Morgan fingerprint density at radius 2 is 2.00 bits per heavy atom. The topological polar surface area (TPSA) is 38.3 Å². The number of carbonyl (C=O) groups is 1. The van der Waals surface area contributed by atoms with E-state index < -0.39 is 0 Å². The Kier molecular flexibility index (Phi) is 3.78. The smallest absolute Gasteiger partial charge is 0.407 e. The van der Waals surface area contributed by atoms with E-state index in [0.29, 0.717) is 12.0 Å². The highest BCUT2D eigenvalue weighted by molar-refractivity contribution is 5.67. The Labute approximate surface area is 86.2 Å². The molecule has 1 saturated carbocycles. The van der Waals surface area contributed by atoms with Crippen LogP contribution in [0.25, 0.3) is 0 Å². The Bertz CT molecular complexity index is 191. The first-order valence-corrected chi connectivity index (χ1v) is 5.48. The molecule has 1 N–H and O–H groups in total. The first kappa shape index (κ1) is 11.3. The quantitative estimate of drug-likeness (QED) is 0.742. The maximum Gasteiger partial charge on any atom is 0.407 e. The third-order valence-corrected chi connectivity index (χ3v) is 2.88. The van der Waals surface area contributed by atoms with Gasteiger partial charge in [0.2, 0.25) is 0 Å². The van der Waals surface area contributed by atoms with Crippen molar-refractivity contribution in [3.63, 3.8) is 0 Å². The SMILES string of the molecule is CCNC(=O)OC1CCC(C)(C)CC1. The highest BCUT2D eigenvalue weighted by Gasteiger charge is 2.28. The summed E-state index contributed by atoms with van der Waals surface area (Å²) in [5, 5.41) is 2.65. The second kappa shape index (κ2) is 4.67. The maximum absolute atomic E-state index is 11.1. The van der Waals surface area contributed by atoms with Crippen LogP contribution < -0.4 is 5.32 Å². The molecule has 0 aliphatic heterocycles. The van der Waals surface area contributed by atoms with Crippen molar-refractivity contribution in [3.05, 3.63) is 0 Å². The van der Waals surface area contributed by atoms with Crippen LogP contribution in [0.3, 0.4) is 0 Å². The average molecular weight is 199 g/mol. The van der Waals surface area contributed by atoms with Crippen LogP contribution in [-0.4, -0.2) is 18.7 Å². The van der Waals surface area contributed by atoms with Crippen LogP contribution >= 0.6 is 0 Å². The molecule has 3 heteroatoms. The first-order valence-electron chi connectivity index (χ1n) is 5.48. The van der Waals surface area contributed by atoms with Gasteiger partial charge in [0.1, 0.15) is 6.10 Å². The van der Waals surface area contributed by atoms with Crippen LogP contribution in [0.5, 0.6) is 0 Å². The molecular formula is C11H21NO2. The minimum Gasteiger partial charge on any atom is -0.446 e. The number of carbonyl (C=O) groups excluding carboxylic acids is 1. The molecule has 14 heavy (non-hydrogen) atoms. The summed E-state index contributed by atoms with van der Waals surface area (Å²) in [6.07, 6.45) is 4.18. The van der Waals surface area contributed by atoms with Crippen molar-refractivity contribution in [3.8, 4) is 0 Å². The number of alkyl carbamates (subject to hydrolysis) is 1. The molecule has 1 aliphatic rings. The van der Waals surface area contributed by atoms with Crippen molar-refractivity contribution in [1.82, 2.24) is 5.32 Å². The molecule has 1 amide bonds. The van der Waals surface area contributed by atoms with E-state index in [1.165, 1.54) is 0 Å². The molecule has 0 spiro atoms. The summed E-state index contributed by atoms with van der Waals surface area (Å²) in [7, 11) is 0. The number of hydrogen-bond donors (Lipinski definition) is 1. The molecule has 3 nitrogen and oxygen atoms in total. The van der Waals surface area contributed by atoms with E-state index in [1.54, 1.807) is 0 Å². The normalized spacial score (nSPS) is 21.6. The molecule has 0 aromatic heterocycles. The predicted octanol–water partition coefficient (Wildman–Crippen LogP) is 2.70. The summed E-state index contributed by atoms with van der Waals surface area (Å²) < 4.78 is 5.28. The monoisotopic (exact) mass is 199 g/mol. The number of ether oxygens (including phenoxy) is 1. The maximum atomic E-state index is 11.1. The Morgan fingerprint density at radius 3 is 2.50 bits per heavy atom. The fourth-order valence-corrected chi connectivity index (χ4v) is 1.83. The van der Waals surface area contributed by atoms with Gasteiger partial charge in [0, 0.05) is 6.54 Å². The van der Waals surface area contributed by atoms with E-state index in [0.717, 1.165) is 25.7 Å². The zero-order valence-electron chi connectivity index (χ0n) is 9.43. The minimum absolute atomic E-state index is 0.134. The molecule has 0 bridgehead atoms. The molecule has 1 rings (SSSR count). The number of rotatable bonds is 2. The summed E-state index contributed by atoms with van der Waals surface area (Å²) in [6.45, 7) is 7.08. The summed E-state index contributed by atoms with van der Waals surface area (Å²) in [4.78, 5) is 11.1. The Balaban J connectivity index is 2.25. The largest absolute Gasteiger partial charge is 0.446 e. The van der Waals surface area contributed by atoms with Crippen molar-refractivity contribution >= 4 is 6.09 Å². The zero-order chi connectivity index (χ0) is 10.6. The van der Waals surface area contributed by atoms with Gasteiger partial charge < -0.3 is 10.1 Å². The van der Waals surface area contributed by atoms with Crippen LogP contribution in [0.15, 0.2) is 0 Å². The Hall–Kier alpha value is -0.730. The molecule has 0 saturated heterocycles. The highest BCUT2D eigenvalue weighted by Crippen LogP contribution is 2.36. The van der Waals surface area contributed by atoms with Gasteiger partial charge in [0.15, 0.2) is 0 Å². The lowest BCUT2D eigenvalue weighted by Gasteiger charge is -2.33. The van der Waals surface area contributed by atoms with E-state index in [2.05, 4.69) is 19.2 Å². The molecular weight excluding hydrogens is 178 g/mol. The molecule has 0 unspecified atom stereocenters. The van der Waals surface area contributed by atoms with Gasteiger partial charge in [0.25, 0.3) is 0 Å². The van der Waals surface area contributed by atoms with Crippen LogP contribution in [-0.2, 0) is 4.74 Å². The van der Waals surface area contributed by atoms with Gasteiger partial charge in [-0.05, 0) is 38.0 Å². The second-order valence-electron chi connectivity index (χ2n) is 4.80. The molecule has 0 atom stereocenters. The summed E-state index contributed by atoms with van der Waals surface area (Å²) in [6, 6.07) is 0. The molecule has 0 heterocycles. The van der Waals surface area contributed by atoms with E-state index in [-0.39, 0.29) is 12.2 Å². The Morgan fingerprint density at radius 1 is 1.43 bits per heavy atom. The number of hydrogen-bond acceptors (Lipinski definition) is 2. The third kappa shape index (κ3) is 3.56. The number of nitrogens with one attached hydrogen (secondary N) is 1. The minimum atomic E-state index is -0.266. The zero-order valence-corrected chi connectivity index (χ0v) is 9.43. The van der Waals surface area contributed by atoms with Crippen LogP contribution in [0, 0.1) is 5.41 Å². The van der Waals surface area contributed by atoms with Crippen LogP contribution in [0.4, 0.5) is 4.79 Å². The standard InChI is InChI=1S/C11H21NO2/c1-4-12-10(13)14-9-5-7-11(2,3)8-6-9/h9H,4-8H2,1-3H3,(H,12,13). The van der Waals surface area contributed by atoms with Gasteiger partial charge >= 0.3 is 6.09 Å². The second-order valence-corrected chi connectivity index (χ2v) is 4.80. The van der Waals surface area contributed by atoms with Gasteiger partial charge in [-0.3, -0.25) is 0 Å². The summed E-state index contributed by atoms with van der Waals surface area (Å²) >= 11 is 0. The van der Waals surface area contributed by atoms with Crippen molar-refractivity contribution in [2.75, 3.05) is 6.54 Å². The lowest BCUT2D eigenvalue weighted by atomic mass is 9.76. The van der Waals surface area contributed by atoms with E-state index in [1.807, 2.05) is 6.92 Å². The molecule has 1 aliphatic carbocycles. The van der Waals surface area contributed by atoms with Crippen molar-refractivity contribution in [2.45, 2.75) is 52.6 Å². The lowest BCUT2D eigenvalue weighted by Crippen LogP contribution is -2.32. The number of amides is 1. The van der Waals surface area contributed by atoms with Gasteiger partial charge in [-0.15, -0.1) is 0 Å². The van der Waals surface area contributed by atoms with E-state index in [4.69, 9.17) is 4.74 Å². The van der Waals surface area contributed by atoms with Crippen molar-refractivity contribution in [1.29, 1.82) is 0 Å². The van der Waals surface area contributed by atoms with Gasteiger partial charge in [0.05, 0.1) is 0 Å². The first-order chi connectivity index (χ1) is 6.53. The molecule has 0 aromatic carbocycles. The summed E-state index contributed by atoms with van der Waals surface area (Å²) in [5.74, 6) is 0. The fourth-order valence-electron chi connectivity index (χ4n) is 1.83. The lowest BCUT2D eigenvalue weighted by molar-refractivity contribution is 0.0484. The molecule has 82 valence electrons. The van der Waals surface area contributed by atoms with Gasteiger partial charge in [-0.1, -0.05) is 13.8 Å². The van der Waals surface area contributed by atoms with Crippen LogP contribution in [0.2, 0.25) is 0 Å². The predicted molar refractivity (Wildman–Crippen MR) is 56.2 cm³/mol. The third-order valence-electron chi connectivity index (χ3n) is 2.88.